The molecule has 1 saturated heterocycles. The Bertz CT molecular complexity index is 860. The van der Waals surface area contributed by atoms with E-state index in [1.54, 1.807) is 60.7 Å². The van der Waals surface area contributed by atoms with Crippen LogP contribution in [0.3, 0.4) is 0 Å². The van der Waals surface area contributed by atoms with Gasteiger partial charge in [0.1, 0.15) is 25.4 Å². The molecule has 1 unspecified atom stereocenters. The summed E-state index contributed by atoms with van der Waals surface area (Å²) in [6, 6.07) is 16.7. The fourth-order valence-electron chi connectivity index (χ4n) is 2.89. The lowest BCUT2D eigenvalue weighted by Crippen LogP contribution is -2.40. The molecule has 1 aliphatic rings. The average Bonchev–Trinajstić information content (AvgIpc) is 3.05. The van der Waals surface area contributed by atoms with Crippen molar-refractivity contribution >= 4 is 11.9 Å². The highest BCUT2D eigenvalue weighted by Gasteiger charge is 2.48. The fourth-order valence-corrected chi connectivity index (χ4v) is 2.89. The molecule has 2 aromatic carbocycles. The molecular weight excluding hydrogens is 376 g/mol. The summed E-state index contributed by atoms with van der Waals surface area (Å²) in [4.78, 5) is 24.5. The Hall–Kier alpha value is -3.18. The van der Waals surface area contributed by atoms with Crippen LogP contribution in [0.1, 0.15) is 20.7 Å². The van der Waals surface area contributed by atoms with Crippen LogP contribution in [-0.2, 0) is 18.9 Å². The van der Waals surface area contributed by atoms with Crippen LogP contribution in [0.2, 0.25) is 0 Å². The molecule has 3 rings (SSSR count). The quantitative estimate of drug-likeness (QED) is 0.564. The molecule has 0 spiro atoms. The first kappa shape index (κ1) is 20.6. The number of esters is 2. The topological polar surface area (TPSA) is 91.3 Å². The van der Waals surface area contributed by atoms with Crippen LogP contribution in [0, 0.1) is 12.3 Å². The molecule has 1 aliphatic heterocycles. The standard InChI is InChI=1S/C22H20O7/c1-2-13-26-18-17(14-27-20(23)15-9-5-3-6-10-15)28-22(25)19(18)29-21(24)16-11-7-4-8-12-16/h1,3-12,17-19,22,25H,13-14H2/t17-,18-,19-,22?/m1/s1. The van der Waals surface area contributed by atoms with Crippen molar-refractivity contribution in [2.45, 2.75) is 24.6 Å². The van der Waals surface area contributed by atoms with Gasteiger partial charge in [-0.1, -0.05) is 42.3 Å². The van der Waals surface area contributed by atoms with E-state index in [0.717, 1.165) is 0 Å². The van der Waals surface area contributed by atoms with Crippen molar-refractivity contribution in [2.24, 2.45) is 0 Å². The van der Waals surface area contributed by atoms with Gasteiger partial charge in [0.2, 0.25) is 0 Å². The first-order valence-electron chi connectivity index (χ1n) is 8.97. The number of ether oxygens (including phenoxy) is 4. The number of aliphatic hydroxyl groups is 1. The second-order valence-corrected chi connectivity index (χ2v) is 6.25. The third kappa shape index (κ3) is 5.21. The summed E-state index contributed by atoms with van der Waals surface area (Å²) < 4.78 is 21.6. The van der Waals surface area contributed by atoms with Gasteiger partial charge in [-0.05, 0) is 24.3 Å². The van der Waals surface area contributed by atoms with Gasteiger partial charge in [0, 0.05) is 0 Å². The third-order valence-electron chi connectivity index (χ3n) is 4.29. The van der Waals surface area contributed by atoms with E-state index in [1.165, 1.54) is 0 Å². The summed E-state index contributed by atoms with van der Waals surface area (Å²) >= 11 is 0. The van der Waals surface area contributed by atoms with Crippen LogP contribution in [0.25, 0.3) is 0 Å². The Kier molecular flexibility index (Phi) is 6.98. The van der Waals surface area contributed by atoms with Crippen LogP contribution in [-0.4, -0.2) is 54.9 Å². The van der Waals surface area contributed by atoms with E-state index >= 15 is 0 Å². The molecule has 1 N–H and O–H groups in total. The molecule has 2 aromatic rings. The summed E-state index contributed by atoms with van der Waals surface area (Å²) in [5.74, 6) is 1.12. The molecule has 0 aromatic heterocycles. The van der Waals surface area contributed by atoms with E-state index in [4.69, 9.17) is 25.4 Å². The highest BCUT2D eigenvalue weighted by molar-refractivity contribution is 5.89. The predicted octanol–water partition coefficient (Wildman–Crippen LogP) is 1.80. The molecule has 7 heteroatoms. The van der Waals surface area contributed by atoms with Crippen molar-refractivity contribution in [1.29, 1.82) is 0 Å². The second-order valence-electron chi connectivity index (χ2n) is 6.25. The maximum absolute atomic E-state index is 12.4. The smallest absolute Gasteiger partial charge is 0.338 e. The van der Waals surface area contributed by atoms with Gasteiger partial charge in [-0.3, -0.25) is 0 Å². The maximum atomic E-state index is 12.4. The minimum Gasteiger partial charge on any atom is -0.459 e. The molecule has 1 fully saturated rings. The minimum absolute atomic E-state index is 0.0940. The highest BCUT2D eigenvalue weighted by atomic mass is 16.7. The van der Waals surface area contributed by atoms with E-state index in [2.05, 4.69) is 5.92 Å². The van der Waals surface area contributed by atoms with Gasteiger partial charge < -0.3 is 24.1 Å². The lowest BCUT2D eigenvalue weighted by atomic mass is 10.1. The average molecular weight is 396 g/mol. The largest absolute Gasteiger partial charge is 0.459 e. The number of carbonyl (C=O) groups excluding carboxylic acids is 2. The molecular formula is C22H20O7. The Morgan fingerprint density at radius 1 is 0.966 bits per heavy atom. The number of carbonyl (C=O) groups is 2. The van der Waals surface area contributed by atoms with Crippen molar-refractivity contribution < 1.29 is 33.6 Å². The maximum Gasteiger partial charge on any atom is 0.338 e. The molecule has 0 radical (unpaired) electrons. The van der Waals surface area contributed by atoms with Crippen molar-refractivity contribution in [3.05, 3.63) is 71.8 Å². The molecule has 1 heterocycles. The van der Waals surface area contributed by atoms with Crippen LogP contribution in [0.5, 0.6) is 0 Å². The SMILES string of the molecule is C#CCO[C@@H]1[C@@H](COC(=O)c2ccccc2)OC(O)[C@@H]1OC(=O)c1ccccc1. The fraction of sp³-hybridized carbons (Fsp3) is 0.273. The molecule has 0 amide bonds. The summed E-state index contributed by atoms with van der Waals surface area (Å²) in [6.45, 7) is -0.303. The first-order valence-corrected chi connectivity index (χ1v) is 8.97. The van der Waals surface area contributed by atoms with E-state index in [0.29, 0.717) is 11.1 Å². The van der Waals surface area contributed by atoms with Crippen LogP contribution in [0.4, 0.5) is 0 Å². The first-order chi connectivity index (χ1) is 14.1. The van der Waals surface area contributed by atoms with Crippen LogP contribution < -0.4 is 0 Å². The Morgan fingerprint density at radius 3 is 2.14 bits per heavy atom. The highest BCUT2D eigenvalue weighted by Crippen LogP contribution is 2.27. The molecule has 0 bridgehead atoms. The number of benzene rings is 2. The van der Waals surface area contributed by atoms with Crippen molar-refractivity contribution in [2.75, 3.05) is 13.2 Å². The molecule has 4 atom stereocenters. The normalized spacial score (nSPS) is 23.2. The van der Waals surface area contributed by atoms with Gasteiger partial charge in [0.25, 0.3) is 0 Å². The predicted molar refractivity (Wildman–Crippen MR) is 102 cm³/mol. The van der Waals surface area contributed by atoms with Crippen LogP contribution >= 0.6 is 0 Å². The minimum atomic E-state index is -1.45. The molecule has 150 valence electrons. The van der Waals surface area contributed by atoms with Gasteiger partial charge >= 0.3 is 11.9 Å². The third-order valence-corrected chi connectivity index (χ3v) is 4.29. The number of hydrogen-bond donors (Lipinski definition) is 1. The zero-order chi connectivity index (χ0) is 20.6. The van der Waals surface area contributed by atoms with Gasteiger partial charge in [0.05, 0.1) is 11.1 Å². The summed E-state index contributed by atoms with van der Waals surface area (Å²) in [7, 11) is 0. The number of terminal acetylenes is 1. The lowest BCUT2D eigenvalue weighted by molar-refractivity contribution is -0.135. The van der Waals surface area contributed by atoms with E-state index in [9.17, 15) is 14.7 Å². The van der Waals surface area contributed by atoms with Gasteiger partial charge in [-0.25, -0.2) is 9.59 Å². The van der Waals surface area contributed by atoms with Gasteiger partial charge in [-0.15, -0.1) is 6.42 Å². The number of hydrogen-bond acceptors (Lipinski definition) is 7. The molecule has 7 nitrogen and oxygen atoms in total. The summed E-state index contributed by atoms with van der Waals surface area (Å²) in [5.41, 5.74) is 0.688. The zero-order valence-electron chi connectivity index (χ0n) is 15.5. The Balaban J connectivity index is 1.66. The van der Waals surface area contributed by atoms with E-state index in [-0.39, 0.29) is 13.2 Å². The van der Waals surface area contributed by atoms with Gasteiger partial charge in [-0.2, -0.15) is 0 Å². The van der Waals surface area contributed by atoms with Crippen LogP contribution in [0.15, 0.2) is 60.7 Å². The molecule has 29 heavy (non-hydrogen) atoms. The zero-order valence-corrected chi connectivity index (χ0v) is 15.5. The van der Waals surface area contributed by atoms with E-state index in [1.807, 2.05) is 0 Å². The molecule has 0 saturated carbocycles. The van der Waals surface area contributed by atoms with Crippen molar-refractivity contribution in [1.82, 2.24) is 0 Å². The Morgan fingerprint density at radius 2 is 1.55 bits per heavy atom. The van der Waals surface area contributed by atoms with Crippen molar-refractivity contribution in [3.8, 4) is 12.3 Å². The lowest BCUT2D eigenvalue weighted by Gasteiger charge is -2.22. The van der Waals surface area contributed by atoms with E-state index < -0.39 is 36.5 Å². The summed E-state index contributed by atoms with van der Waals surface area (Å²) in [5, 5.41) is 10.2. The number of rotatable bonds is 7. The van der Waals surface area contributed by atoms with Gasteiger partial charge in [0.15, 0.2) is 12.4 Å². The number of aliphatic hydroxyl groups excluding tert-OH is 1. The monoisotopic (exact) mass is 396 g/mol. The van der Waals surface area contributed by atoms with Crippen molar-refractivity contribution in [3.63, 3.8) is 0 Å². The Labute approximate surface area is 168 Å². The summed E-state index contributed by atoms with van der Waals surface area (Å²) in [6.07, 6.45) is 0.903. The second kappa shape index (κ2) is 9.85. The molecule has 0 aliphatic carbocycles.